The number of anilines is 3. The van der Waals surface area contributed by atoms with Gasteiger partial charge in [-0.25, -0.2) is 0 Å². The van der Waals surface area contributed by atoms with Crippen LogP contribution in [0.15, 0.2) is 192 Å². The van der Waals surface area contributed by atoms with Gasteiger partial charge in [0.1, 0.15) is 11.2 Å². The maximum atomic E-state index is 8.48. The van der Waals surface area contributed by atoms with Crippen LogP contribution in [0.1, 0.15) is 6.85 Å². The Bertz CT molecular complexity index is 2800. The van der Waals surface area contributed by atoms with E-state index >= 15 is 0 Å². The molecule has 1 heterocycles. The molecule has 0 saturated heterocycles. The summed E-state index contributed by atoms with van der Waals surface area (Å²) in [6.45, 7) is 0. The van der Waals surface area contributed by atoms with Crippen molar-refractivity contribution < 1.29 is 11.3 Å². The highest BCUT2D eigenvalue weighted by atomic mass is 16.3. The van der Waals surface area contributed by atoms with Gasteiger partial charge in [0.05, 0.1) is 12.5 Å². The zero-order valence-electron chi connectivity index (χ0n) is 30.9. The molecular formula is C46H31NO. The number of furan rings is 1. The lowest BCUT2D eigenvalue weighted by molar-refractivity contribution is 0.669. The summed E-state index contributed by atoms with van der Waals surface area (Å²) in [5.74, 6) is 0. The molecule has 0 aliphatic heterocycles. The number of benzene rings is 8. The van der Waals surface area contributed by atoms with Crippen LogP contribution in [0, 0.1) is 0 Å². The van der Waals surface area contributed by atoms with Gasteiger partial charge in [-0.2, -0.15) is 0 Å². The van der Waals surface area contributed by atoms with Crippen LogP contribution < -0.4 is 4.90 Å². The van der Waals surface area contributed by atoms with Crippen molar-refractivity contribution in [3.63, 3.8) is 0 Å². The Labute approximate surface area is 286 Å². The number of nitrogens with zero attached hydrogens (tertiary/aromatic N) is 1. The number of rotatable bonds is 6. The van der Waals surface area contributed by atoms with Crippen LogP contribution in [0.4, 0.5) is 17.1 Å². The lowest BCUT2D eigenvalue weighted by Crippen LogP contribution is -2.10. The molecular weight excluding hydrogens is 583 g/mol. The summed E-state index contributed by atoms with van der Waals surface area (Å²) in [6.07, 6.45) is 0. The van der Waals surface area contributed by atoms with E-state index in [1.54, 1.807) is 0 Å². The van der Waals surface area contributed by atoms with Crippen LogP contribution in [0.2, 0.25) is 0 Å². The Balaban J connectivity index is 1.11. The highest BCUT2D eigenvalue weighted by Gasteiger charge is 2.17. The molecule has 0 amide bonds. The van der Waals surface area contributed by atoms with Crippen LogP contribution in [-0.4, -0.2) is 0 Å². The van der Waals surface area contributed by atoms with Crippen molar-refractivity contribution in [3.05, 3.63) is 188 Å². The molecule has 0 fully saturated rings. The second-order valence-corrected chi connectivity index (χ2v) is 11.8. The standard InChI is InChI=1S/C46H31NO/c1-3-11-32(12-4-1)33-25-28-38(29-26-33)47(37-13-5-2-6-14-37)44-19-10-17-40-39(16-9-18-41(40)44)35-23-21-34(22-24-35)36-27-30-46-43(31-36)42-15-7-8-20-45(42)48-46/h1-31H/i1D,3D,4D,11D,12D. The molecule has 2 nitrogen and oxygen atoms in total. The molecule has 2 heteroatoms. The summed E-state index contributed by atoms with van der Waals surface area (Å²) in [7, 11) is 0. The first-order chi connectivity index (χ1) is 25.9. The van der Waals surface area contributed by atoms with Crippen molar-refractivity contribution in [1.29, 1.82) is 0 Å². The lowest BCUT2D eigenvalue weighted by atomic mass is 9.95. The average Bonchev–Trinajstić information content (AvgIpc) is 3.58. The van der Waals surface area contributed by atoms with Crippen LogP contribution in [0.3, 0.4) is 0 Å². The first-order valence-electron chi connectivity index (χ1n) is 18.4. The summed E-state index contributed by atoms with van der Waals surface area (Å²) in [6, 6.07) is 52.1. The number of fused-ring (bicyclic) bond motifs is 4. The van der Waals surface area contributed by atoms with Gasteiger partial charge in [-0.15, -0.1) is 0 Å². The van der Waals surface area contributed by atoms with Gasteiger partial charge in [-0.3, -0.25) is 0 Å². The van der Waals surface area contributed by atoms with E-state index in [4.69, 9.17) is 11.3 Å². The summed E-state index contributed by atoms with van der Waals surface area (Å²) in [4.78, 5) is 2.19. The van der Waals surface area contributed by atoms with Crippen LogP contribution in [0.5, 0.6) is 0 Å². The Morgan fingerprint density at radius 1 is 0.396 bits per heavy atom. The predicted octanol–water partition coefficient (Wildman–Crippen LogP) is 13.2. The topological polar surface area (TPSA) is 16.4 Å². The Morgan fingerprint density at radius 2 is 1.00 bits per heavy atom. The molecule has 8 aromatic carbocycles. The van der Waals surface area contributed by atoms with Crippen LogP contribution >= 0.6 is 0 Å². The van der Waals surface area contributed by atoms with Crippen molar-refractivity contribution in [3.8, 4) is 33.4 Å². The number of hydrogen-bond acceptors (Lipinski definition) is 2. The molecule has 0 atom stereocenters. The van der Waals surface area contributed by atoms with Gasteiger partial charge < -0.3 is 9.32 Å². The molecule has 0 unspecified atom stereocenters. The van der Waals surface area contributed by atoms with E-state index in [1.165, 1.54) is 0 Å². The molecule has 9 rings (SSSR count). The quantitative estimate of drug-likeness (QED) is 0.184. The summed E-state index contributed by atoms with van der Waals surface area (Å²) in [5, 5.41) is 4.41. The zero-order valence-corrected chi connectivity index (χ0v) is 25.9. The smallest absolute Gasteiger partial charge is 0.135 e. The fraction of sp³-hybridized carbons (Fsp3) is 0. The Morgan fingerprint density at radius 3 is 1.83 bits per heavy atom. The maximum absolute atomic E-state index is 8.48. The third kappa shape index (κ3) is 4.92. The van der Waals surface area contributed by atoms with Gasteiger partial charge >= 0.3 is 0 Å². The predicted molar refractivity (Wildman–Crippen MR) is 202 cm³/mol. The first-order valence-corrected chi connectivity index (χ1v) is 15.9. The Hall–Kier alpha value is -6.38. The van der Waals surface area contributed by atoms with E-state index in [0.29, 0.717) is 5.56 Å². The molecule has 0 radical (unpaired) electrons. The third-order valence-electron chi connectivity index (χ3n) is 8.97. The van der Waals surface area contributed by atoms with E-state index in [0.717, 1.165) is 72.0 Å². The lowest BCUT2D eigenvalue weighted by Gasteiger charge is -2.27. The first kappa shape index (κ1) is 23.0. The van der Waals surface area contributed by atoms with Crippen molar-refractivity contribution in [2.45, 2.75) is 0 Å². The highest BCUT2D eigenvalue weighted by Crippen LogP contribution is 2.42. The second-order valence-electron chi connectivity index (χ2n) is 11.8. The van der Waals surface area contributed by atoms with E-state index in [-0.39, 0.29) is 29.7 Å². The molecule has 0 spiro atoms. The third-order valence-corrected chi connectivity index (χ3v) is 8.97. The Kier molecular flexibility index (Phi) is 5.64. The second kappa shape index (κ2) is 11.8. The van der Waals surface area contributed by atoms with Gasteiger partial charge in [0.25, 0.3) is 0 Å². The van der Waals surface area contributed by atoms with Crippen LogP contribution in [-0.2, 0) is 0 Å². The van der Waals surface area contributed by atoms with Gasteiger partial charge in [0, 0.05) is 27.5 Å². The molecule has 0 aliphatic carbocycles. The van der Waals surface area contributed by atoms with Crippen molar-refractivity contribution >= 4 is 49.8 Å². The summed E-state index contributed by atoms with van der Waals surface area (Å²) in [5.41, 5.74) is 9.83. The van der Waals surface area contributed by atoms with E-state index in [9.17, 15) is 0 Å². The maximum Gasteiger partial charge on any atom is 0.135 e. The molecule has 226 valence electrons. The SMILES string of the molecule is [2H]c1c([2H])c([2H])c(-c2ccc(N(c3ccccc3)c3cccc4c(-c5ccc(-c6ccc7oc8ccccc8c7c6)cc5)cccc34)cc2)c([2H])c1[2H]. The summed E-state index contributed by atoms with van der Waals surface area (Å²) < 4.78 is 47.3. The minimum Gasteiger partial charge on any atom is -0.456 e. The normalized spacial score (nSPS) is 12.8. The molecule has 9 aromatic rings. The monoisotopic (exact) mass is 618 g/mol. The molecule has 0 bridgehead atoms. The van der Waals surface area contributed by atoms with E-state index in [1.807, 2.05) is 66.7 Å². The zero-order chi connectivity index (χ0) is 36.2. The van der Waals surface area contributed by atoms with Crippen molar-refractivity contribution in [2.24, 2.45) is 0 Å². The molecule has 0 aliphatic rings. The highest BCUT2D eigenvalue weighted by molar-refractivity contribution is 6.07. The minimum absolute atomic E-state index is 0.185. The molecule has 0 N–H and O–H groups in total. The minimum atomic E-state index is -0.400. The summed E-state index contributed by atoms with van der Waals surface area (Å²) >= 11 is 0. The van der Waals surface area contributed by atoms with Gasteiger partial charge in [-0.1, -0.05) is 139 Å². The van der Waals surface area contributed by atoms with E-state index in [2.05, 4.69) is 95.9 Å². The molecule has 48 heavy (non-hydrogen) atoms. The van der Waals surface area contributed by atoms with Crippen molar-refractivity contribution in [2.75, 3.05) is 4.90 Å². The van der Waals surface area contributed by atoms with Gasteiger partial charge in [0.2, 0.25) is 0 Å². The molecule has 1 aromatic heterocycles. The average molecular weight is 619 g/mol. The largest absolute Gasteiger partial charge is 0.456 e. The fourth-order valence-corrected chi connectivity index (χ4v) is 6.66. The number of para-hydroxylation sites is 2. The molecule has 0 saturated carbocycles. The van der Waals surface area contributed by atoms with Gasteiger partial charge in [-0.05, 0) is 87.3 Å². The number of hydrogen-bond donors (Lipinski definition) is 0. The van der Waals surface area contributed by atoms with Crippen molar-refractivity contribution in [1.82, 2.24) is 0 Å². The van der Waals surface area contributed by atoms with Gasteiger partial charge in [0.15, 0.2) is 0 Å². The van der Waals surface area contributed by atoms with Crippen LogP contribution in [0.25, 0.3) is 66.1 Å². The van der Waals surface area contributed by atoms with E-state index < -0.39 is 6.04 Å². The fourth-order valence-electron chi connectivity index (χ4n) is 6.66.